The fourth-order valence-electron chi connectivity index (χ4n) is 2.38. The van der Waals surface area contributed by atoms with Gasteiger partial charge in [0.25, 0.3) is 0 Å². The lowest BCUT2D eigenvalue weighted by atomic mass is 10.1. The second kappa shape index (κ2) is 4.64. The number of hydrogen-bond donors (Lipinski definition) is 0. The lowest BCUT2D eigenvalue weighted by molar-refractivity contribution is -0.132. The molecule has 92 valence electrons. The minimum Gasteiger partial charge on any atom is -0.340 e. The topological polar surface area (TPSA) is 54.5 Å². The maximum absolute atomic E-state index is 11.8. The Hall–Kier alpha value is -0.100. The van der Waals surface area contributed by atoms with Gasteiger partial charge in [-0.15, -0.1) is 0 Å². The molecular formula is C10H16BrNO3S. The second-order valence-electron chi connectivity index (χ2n) is 4.53. The van der Waals surface area contributed by atoms with Crippen LogP contribution in [0.5, 0.6) is 0 Å². The third kappa shape index (κ3) is 2.42. The van der Waals surface area contributed by atoms with Crippen LogP contribution in [0, 0.1) is 0 Å². The number of hydrogen-bond acceptors (Lipinski definition) is 3. The van der Waals surface area contributed by atoms with E-state index >= 15 is 0 Å². The van der Waals surface area contributed by atoms with Gasteiger partial charge < -0.3 is 4.90 Å². The van der Waals surface area contributed by atoms with E-state index in [1.807, 2.05) is 0 Å². The number of carbonyl (C=O) groups excluding carboxylic acids is 1. The van der Waals surface area contributed by atoms with Crippen LogP contribution >= 0.6 is 15.9 Å². The van der Waals surface area contributed by atoms with Gasteiger partial charge in [-0.3, -0.25) is 4.79 Å². The van der Waals surface area contributed by atoms with Crippen molar-refractivity contribution in [2.75, 3.05) is 18.8 Å². The first-order chi connectivity index (χ1) is 7.50. The molecule has 0 aromatic heterocycles. The Labute approximate surface area is 104 Å². The van der Waals surface area contributed by atoms with Gasteiger partial charge in [0.05, 0.1) is 15.8 Å². The molecule has 2 fully saturated rings. The monoisotopic (exact) mass is 309 g/mol. The van der Waals surface area contributed by atoms with Crippen molar-refractivity contribution in [3.63, 3.8) is 0 Å². The van der Waals surface area contributed by atoms with Crippen molar-refractivity contribution in [3.05, 3.63) is 0 Å². The molecule has 6 heteroatoms. The van der Waals surface area contributed by atoms with Crippen molar-refractivity contribution in [1.29, 1.82) is 0 Å². The molecular weight excluding hydrogens is 294 g/mol. The molecule has 1 amide bonds. The van der Waals surface area contributed by atoms with Crippen molar-refractivity contribution < 1.29 is 13.2 Å². The van der Waals surface area contributed by atoms with Crippen molar-refractivity contribution in [1.82, 2.24) is 4.90 Å². The summed E-state index contributed by atoms with van der Waals surface area (Å²) < 4.78 is 23.3. The summed E-state index contributed by atoms with van der Waals surface area (Å²) in [6.45, 7) is 1.09. The first-order valence-corrected chi connectivity index (χ1v) is 8.28. The normalized spacial score (nSPS) is 34.3. The number of carbonyl (C=O) groups is 1. The molecule has 2 rings (SSSR count). The molecule has 0 bridgehead atoms. The largest absolute Gasteiger partial charge is 0.340 e. The molecule has 0 N–H and O–H groups in total. The van der Waals surface area contributed by atoms with E-state index in [9.17, 15) is 13.2 Å². The summed E-state index contributed by atoms with van der Waals surface area (Å²) in [6.07, 6.45) is 3.26. The standard InChI is InChI=1S/C10H16BrNO3S/c11-9-4-1-5-12(10(9)13)7-8-3-2-6-16(8,14)15/h8-9H,1-7H2. The van der Waals surface area contributed by atoms with Crippen LogP contribution < -0.4 is 0 Å². The van der Waals surface area contributed by atoms with Gasteiger partial charge in [0.2, 0.25) is 5.91 Å². The maximum Gasteiger partial charge on any atom is 0.236 e. The van der Waals surface area contributed by atoms with Crippen molar-refractivity contribution in [2.45, 2.75) is 35.8 Å². The third-order valence-corrected chi connectivity index (χ3v) is 6.46. The Morgan fingerprint density at radius 3 is 2.69 bits per heavy atom. The average Bonchev–Trinajstić information content (AvgIpc) is 2.54. The zero-order chi connectivity index (χ0) is 11.8. The number of nitrogens with zero attached hydrogens (tertiary/aromatic N) is 1. The molecule has 4 nitrogen and oxygen atoms in total. The van der Waals surface area contributed by atoms with Gasteiger partial charge >= 0.3 is 0 Å². The van der Waals surface area contributed by atoms with E-state index in [-0.39, 0.29) is 21.7 Å². The smallest absolute Gasteiger partial charge is 0.236 e. The number of piperidine rings is 1. The number of rotatable bonds is 2. The number of halogens is 1. The SMILES string of the molecule is O=C1C(Br)CCCN1CC1CCCS1(=O)=O. The van der Waals surface area contributed by atoms with Crippen LogP contribution in [0.2, 0.25) is 0 Å². The van der Waals surface area contributed by atoms with E-state index in [0.29, 0.717) is 19.5 Å². The summed E-state index contributed by atoms with van der Waals surface area (Å²) in [5.41, 5.74) is 0. The molecule has 2 atom stereocenters. The first kappa shape index (κ1) is 12.4. The van der Waals surface area contributed by atoms with Crippen LogP contribution in [-0.2, 0) is 14.6 Å². The predicted octanol–water partition coefficient (Wildman–Crippen LogP) is 0.950. The zero-order valence-corrected chi connectivity index (χ0v) is 11.5. The molecule has 16 heavy (non-hydrogen) atoms. The van der Waals surface area contributed by atoms with Gasteiger partial charge in [-0.1, -0.05) is 15.9 Å². The maximum atomic E-state index is 11.8. The summed E-state index contributed by atoms with van der Waals surface area (Å²) >= 11 is 3.33. The zero-order valence-electron chi connectivity index (χ0n) is 9.06. The van der Waals surface area contributed by atoms with Crippen LogP contribution in [0.3, 0.4) is 0 Å². The molecule has 0 spiro atoms. The Morgan fingerprint density at radius 2 is 2.06 bits per heavy atom. The highest BCUT2D eigenvalue weighted by atomic mass is 79.9. The van der Waals surface area contributed by atoms with Crippen LogP contribution in [0.15, 0.2) is 0 Å². The Kier molecular flexibility index (Phi) is 3.59. The fraction of sp³-hybridized carbons (Fsp3) is 0.900. The van der Waals surface area contributed by atoms with Gasteiger partial charge in [0, 0.05) is 13.1 Å². The molecule has 0 aromatic rings. The fourth-order valence-corrected chi connectivity index (χ4v) is 4.83. The number of sulfone groups is 1. The number of alkyl halides is 1. The summed E-state index contributed by atoms with van der Waals surface area (Å²) in [5.74, 6) is 0.339. The molecule has 2 unspecified atom stereocenters. The van der Waals surface area contributed by atoms with Crippen LogP contribution in [0.4, 0.5) is 0 Å². The molecule has 0 aliphatic carbocycles. The van der Waals surface area contributed by atoms with Crippen molar-refractivity contribution in [3.8, 4) is 0 Å². The van der Waals surface area contributed by atoms with E-state index in [1.165, 1.54) is 0 Å². The minimum absolute atomic E-state index is 0.0494. The van der Waals surface area contributed by atoms with Gasteiger partial charge in [0.15, 0.2) is 9.84 Å². The Bertz CT molecular complexity index is 382. The summed E-state index contributed by atoms with van der Waals surface area (Å²) in [6, 6.07) is 0. The molecule has 2 aliphatic rings. The molecule has 2 heterocycles. The average molecular weight is 310 g/mol. The second-order valence-corrected chi connectivity index (χ2v) is 8.03. The van der Waals surface area contributed by atoms with Crippen molar-refractivity contribution in [2.24, 2.45) is 0 Å². The number of amides is 1. The van der Waals surface area contributed by atoms with Gasteiger partial charge in [-0.2, -0.15) is 0 Å². The Balaban J connectivity index is 2.02. The first-order valence-electron chi connectivity index (χ1n) is 5.65. The third-order valence-electron chi connectivity index (χ3n) is 3.35. The van der Waals surface area contributed by atoms with Crippen LogP contribution in [0.1, 0.15) is 25.7 Å². The number of likely N-dealkylation sites (tertiary alicyclic amines) is 1. The van der Waals surface area contributed by atoms with E-state index in [2.05, 4.69) is 15.9 Å². The quantitative estimate of drug-likeness (QED) is 0.714. The van der Waals surface area contributed by atoms with Crippen LogP contribution in [-0.4, -0.2) is 48.1 Å². The van der Waals surface area contributed by atoms with Crippen LogP contribution in [0.25, 0.3) is 0 Å². The highest BCUT2D eigenvalue weighted by Crippen LogP contribution is 2.24. The molecule has 0 aromatic carbocycles. The summed E-state index contributed by atoms with van der Waals surface area (Å²) in [4.78, 5) is 13.4. The Morgan fingerprint density at radius 1 is 1.31 bits per heavy atom. The van der Waals surface area contributed by atoms with E-state index in [1.54, 1.807) is 4.90 Å². The van der Waals surface area contributed by atoms with E-state index in [4.69, 9.17) is 0 Å². The minimum atomic E-state index is -2.94. The summed E-state index contributed by atoms with van der Waals surface area (Å²) in [5, 5.41) is -0.325. The summed E-state index contributed by atoms with van der Waals surface area (Å²) in [7, 11) is -2.94. The lowest BCUT2D eigenvalue weighted by Gasteiger charge is -2.31. The lowest BCUT2D eigenvalue weighted by Crippen LogP contribution is -2.46. The molecule has 0 saturated carbocycles. The molecule has 2 saturated heterocycles. The molecule has 2 aliphatic heterocycles. The van der Waals surface area contributed by atoms with E-state index in [0.717, 1.165) is 19.3 Å². The van der Waals surface area contributed by atoms with E-state index < -0.39 is 9.84 Å². The highest BCUT2D eigenvalue weighted by Gasteiger charge is 2.35. The predicted molar refractivity (Wildman–Crippen MR) is 65.3 cm³/mol. The van der Waals surface area contributed by atoms with Gasteiger partial charge in [-0.25, -0.2) is 8.42 Å². The molecule has 0 radical (unpaired) electrons. The van der Waals surface area contributed by atoms with Crippen molar-refractivity contribution >= 4 is 31.7 Å². The highest BCUT2D eigenvalue weighted by molar-refractivity contribution is 9.10. The van der Waals surface area contributed by atoms with Gasteiger partial charge in [0.1, 0.15) is 0 Å². The van der Waals surface area contributed by atoms with Gasteiger partial charge in [-0.05, 0) is 25.7 Å².